The summed E-state index contributed by atoms with van der Waals surface area (Å²) >= 11 is 5.67. The van der Waals surface area contributed by atoms with E-state index < -0.39 is 0 Å². The number of ether oxygens (including phenoxy) is 1. The zero-order valence-corrected chi connectivity index (χ0v) is 9.34. The van der Waals surface area contributed by atoms with Gasteiger partial charge >= 0.3 is 0 Å². The molecule has 0 heterocycles. The first-order chi connectivity index (χ1) is 6.63. The largest absolute Gasteiger partial charge is 0.491 e. The number of nitrogens with two attached hydrogens (primary N) is 1. The normalized spacial score (nSPS) is 10.6. The maximum absolute atomic E-state index is 5.79. The Balaban J connectivity index is 2.83. The first-order valence-electron chi connectivity index (χ1n) is 4.74. The van der Waals surface area contributed by atoms with E-state index in [0.717, 1.165) is 23.4 Å². The Labute approximate surface area is 90.0 Å². The van der Waals surface area contributed by atoms with Crippen LogP contribution in [0.25, 0.3) is 0 Å². The molecule has 2 N–H and O–H groups in total. The van der Waals surface area contributed by atoms with Gasteiger partial charge in [-0.15, -0.1) is 11.6 Å². The molecule has 0 amide bonds. The van der Waals surface area contributed by atoms with Crippen LogP contribution >= 0.6 is 11.6 Å². The van der Waals surface area contributed by atoms with Crippen LogP contribution in [-0.4, -0.2) is 12.0 Å². The monoisotopic (exact) mass is 213 g/mol. The van der Waals surface area contributed by atoms with Crippen LogP contribution in [-0.2, 0) is 6.42 Å². The molecule has 0 aliphatic carbocycles. The quantitative estimate of drug-likeness (QED) is 0.617. The maximum atomic E-state index is 5.79. The van der Waals surface area contributed by atoms with E-state index in [1.54, 1.807) is 0 Å². The van der Waals surface area contributed by atoms with Gasteiger partial charge < -0.3 is 10.5 Å². The molecule has 2 nitrogen and oxygen atoms in total. The van der Waals surface area contributed by atoms with Crippen molar-refractivity contribution in [1.82, 2.24) is 0 Å². The summed E-state index contributed by atoms with van der Waals surface area (Å²) < 4.78 is 5.56. The zero-order valence-electron chi connectivity index (χ0n) is 8.59. The molecule has 0 fully saturated rings. The summed E-state index contributed by atoms with van der Waals surface area (Å²) in [4.78, 5) is 0. The van der Waals surface area contributed by atoms with Gasteiger partial charge in [0.2, 0.25) is 0 Å². The lowest BCUT2D eigenvalue weighted by molar-refractivity contribution is 0.242. The number of hydrogen-bond donors (Lipinski definition) is 1. The molecule has 0 atom stereocenters. The van der Waals surface area contributed by atoms with E-state index in [1.807, 2.05) is 32.0 Å². The van der Waals surface area contributed by atoms with Crippen molar-refractivity contribution in [3.05, 3.63) is 23.8 Å². The highest BCUT2D eigenvalue weighted by Crippen LogP contribution is 2.21. The molecular weight excluding hydrogens is 198 g/mol. The topological polar surface area (TPSA) is 35.2 Å². The zero-order chi connectivity index (χ0) is 10.6. The van der Waals surface area contributed by atoms with Crippen LogP contribution in [0.1, 0.15) is 19.4 Å². The predicted octanol–water partition coefficient (Wildman–Crippen LogP) is 2.84. The Hall–Kier alpha value is -0.890. The minimum atomic E-state index is 0.183. The number of anilines is 1. The fourth-order valence-electron chi connectivity index (χ4n) is 1.25. The average Bonchev–Trinajstić information content (AvgIpc) is 2.10. The highest BCUT2D eigenvalue weighted by molar-refractivity contribution is 6.18. The van der Waals surface area contributed by atoms with Gasteiger partial charge in [-0.3, -0.25) is 0 Å². The first-order valence-corrected chi connectivity index (χ1v) is 5.28. The van der Waals surface area contributed by atoms with Gasteiger partial charge in [0.15, 0.2) is 0 Å². The molecule has 14 heavy (non-hydrogen) atoms. The van der Waals surface area contributed by atoms with Gasteiger partial charge in [0.25, 0.3) is 0 Å². The molecule has 0 aromatic heterocycles. The second kappa shape index (κ2) is 5.11. The number of nitrogen functional groups attached to an aromatic ring is 1. The molecule has 0 bridgehead atoms. The second-order valence-corrected chi connectivity index (χ2v) is 3.84. The Morgan fingerprint density at radius 2 is 2.14 bits per heavy atom. The number of alkyl halides is 1. The summed E-state index contributed by atoms with van der Waals surface area (Å²) in [6.45, 7) is 4.00. The Bertz CT molecular complexity index is 299. The van der Waals surface area contributed by atoms with Gasteiger partial charge in [-0.2, -0.15) is 0 Å². The van der Waals surface area contributed by atoms with E-state index in [-0.39, 0.29) is 6.10 Å². The molecule has 1 rings (SSSR count). The standard InChI is InChI=1S/C11H16ClNO/c1-8(2)14-10-3-4-11(13)9(7-10)5-6-12/h3-4,7-8H,5-6,13H2,1-2H3. The van der Waals surface area contributed by atoms with E-state index in [0.29, 0.717) is 5.88 Å². The molecule has 0 saturated heterocycles. The van der Waals surface area contributed by atoms with Crippen molar-refractivity contribution in [3.8, 4) is 5.75 Å². The van der Waals surface area contributed by atoms with Crippen LogP contribution in [0.4, 0.5) is 5.69 Å². The van der Waals surface area contributed by atoms with E-state index in [2.05, 4.69) is 0 Å². The Morgan fingerprint density at radius 3 is 2.71 bits per heavy atom. The average molecular weight is 214 g/mol. The van der Waals surface area contributed by atoms with Crippen molar-refractivity contribution in [2.45, 2.75) is 26.4 Å². The van der Waals surface area contributed by atoms with Crippen molar-refractivity contribution in [2.75, 3.05) is 11.6 Å². The first kappa shape index (κ1) is 11.2. The molecule has 0 saturated carbocycles. The number of halogens is 1. The molecule has 0 aliphatic rings. The van der Waals surface area contributed by atoms with Crippen molar-refractivity contribution in [2.24, 2.45) is 0 Å². The van der Waals surface area contributed by atoms with Crippen LogP contribution in [0.5, 0.6) is 5.75 Å². The van der Waals surface area contributed by atoms with E-state index >= 15 is 0 Å². The van der Waals surface area contributed by atoms with Crippen LogP contribution < -0.4 is 10.5 Å². The Morgan fingerprint density at radius 1 is 1.43 bits per heavy atom. The van der Waals surface area contributed by atoms with Crippen LogP contribution in [0.15, 0.2) is 18.2 Å². The van der Waals surface area contributed by atoms with E-state index in [9.17, 15) is 0 Å². The van der Waals surface area contributed by atoms with Crippen LogP contribution in [0.2, 0.25) is 0 Å². The third-order valence-electron chi connectivity index (χ3n) is 1.85. The molecule has 78 valence electrons. The summed E-state index contributed by atoms with van der Waals surface area (Å²) in [5.41, 5.74) is 7.63. The molecule has 1 aromatic carbocycles. The summed E-state index contributed by atoms with van der Waals surface area (Å²) in [6.07, 6.45) is 0.963. The predicted molar refractivity (Wildman–Crippen MR) is 61.0 cm³/mol. The Kier molecular flexibility index (Phi) is 4.08. The fourth-order valence-corrected chi connectivity index (χ4v) is 1.45. The summed E-state index contributed by atoms with van der Waals surface area (Å²) in [6, 6.07) is 5.70. The van der Waals surface area contributed by atoms with Gasteiger partial charge in [-0.1, -0.05) is 0 Å². The lowest BCUT2D eigenvalue weighted by Gasteiger charge is -2.12. The lowest BCUT2D eigenvalue weighted by atomic mass is 10.1. The van der Waals surface area contributed by atoms with Crippen molar-refractivity contribution < 1.29 is 4.74 Å². The molecule has 3 heteroatoms. The van der Waals surface area contributed by atoms with E-state index in [1.165, 1.54) is 0 Å². The fraction of sp³-hybridized carbons (Fsp3) is 0.455. The van der Waals surface area contributed by atoms with Crippen molar-refractivity contribution in [1.29, 1.82) is 0 Å². The third-order valence-corrected chi connectivity index (χ3v) is 2.04. The SMILES string of the molecule is CC(C)Oc1ccc(N)c(CCCl)c1. The summed E-state index contributed by atoms with van der Waals surface area (Å²) in [5.74, 6) is 1.43. The third kappa shape index (κ3) is 3.11. The summed E-state index contributed by atoms with van der Waals surface area (Å²) in [7, 11) is 0. The van der Waals surface area contributed by atoms with Gasteiger partial charge in [-0.05, 0) is 44.0 Å². The summed E-state index contributed by atoms with van der Waals surface area (Å²) in [5, 5.41) is 0. The minimum Gasteiger partial charge on any atom is -0.491 e. The maximum Gasteiger partial charge on any atom is 0.120 e. The highest BCUT2D eigenvalue weighted by atomic mass is 35.5. The number of aryl methyl sites for hydroxylation is 1. The molecule has 0 radical (unpaired) electrons. The van der Waals surface area contributed by atoms with Gasteiger partial charge in [0, 0.05) is 11.6 Å². The molecular formula is C11H16ClNO. The minimum absolute atomic E-state index is 0.183. The highest BCUT2D eigenvalue weighted by Gasteiger charge is 2.02. The van der Waals surface area contributed by atoms with Gasteiger partial charge in [0.1, 0.15) is 5.75 Å². The van der Waals surface area contributed by atoms with Gasteiger partial charge in [-0.25, -0.2) is 0 Å². The number of benzene rings is 1. The molecule has 0 spiro atoms. The van der Waals surface area contributed by atoms with Crippen LogP contribution in [0, 0.1) is 0 Å². The van der Waals surface area contributed by atoms with Crippen LogP contribution in [0.3, 0.4) is 0 Å². The van der Waals surface area contributed by atoms with E-state index in [4.69, 9.17) is 22.1 Å². The smallest absolute Gasteiger partial charge is 0.120 e. The van der Waals surface area contributed by atoms with Crippen molar-refractivity contribution >= 4 is 17.3 Å². The number of rotatable bonds is 4. The van der Waals surface area contributed by atoms with Crippen molar-refractivity contribution in [3.63, 3.8) is 0 Å². The number of hydrogen-bond acceptors (Lipinski definition) is 2. The molecule has 0 unspecified atom stereocenters. The molecule has 1 aromatic rings. The lowest BCUT2D eigenvalue weighted by Crippen LogP contribution is -2.06. The molecule has 0 aliphatic heterocycles. The van der Waals surface area contributed by atoms with Gasteiger partial charge in [0.05, 0.1) is 6.10 Å². The second-order valence-electron chi connectivity index (χ2n) is 3.47.